The fraction of sp³-hybridized carbons (Fsp3) is 0.524. The van der Waals surface area contributed by atoms with E-state index in [1.807, 2.05) is 6.07 Å². The van der Waals surface area contributed by atoms with Gasteiger partial charge < -0.3 is 15.5 Å². The number of halogens is 1. The van der Waals surface area contributed by atoms with Crippen LogP contribution in [-0.2, 0) is 16.1 Å². The van der Waals surface area contributed by atoms with Gasteiger partial charge in [0.05, 0.1) is 11.7 Å². The van der Waals surface area contributed by atoms with Crippen molar-refractivity contribution < 1.29 is 9.59 Å². The second-order valence-electron chi connectivity index (χ2n) is 8.65. The van der Waals surface area contributed by atoms with Crippen molar-refractivity contribution in [2.45, 2.75) is 51.7 Å². The molecule has 0 aliphatic carbocycles. The van der Waals surface area contributed by atoms with Crippen molar-refractivity contribution in [3.63, 3.8) is 0 Å². The number of hydrogen-bond donors (Lipinski definition) is 2. The molecule has 3 heterocycles. The Hall–Kier alpha value is -2.45. The van der Waals surface area contributed by atoms with Gasteiger partial charge in [-0.2, -0.15) is 5.10 Å². The average molecular weight is 431 g/mol. The highest BCUT2D eigenvalue weighted by atomic mass is 35.5. The molecule has 9 heteroatoms. The Labute approximate surface area is 181 Å². The fourth-order valence-corrected chi connectivity index (χ4v) is 4.60. The quantitative estimate of drug-likeness (QED) is 0.756. The Kier molecular flexibility index (Phi) is 5.79. The number of carbonyl (C=O) groups excluding carboxylic acids is 2. The molecule has 1 unspecified atom stereocenters. The van der Waals surface area contributed by atoms with Gasteiger partial charge in [-0.15, -0.1) is 0 Å². The predicted molar refractivity (Wildman–Crippen MR) is 113 cm³/mol. The third kappa shape index (κ3) is 4.06. The number of hydrogen-bond acceptors (Lipinski definition) is 5. The average Bonchev–Trinajstić information content (AvgIpc) is 3.46. The van der Waals surface area contributed by atoms with Crippen LogP contribution < -0.4 is 10.6 Å². The van der Waals surface area contributed by atoms with Crippen molar-refractivity contribution in [2.24, 2.45) is 5.41 Å². The molecule has 0 radical (unpaired) electrons. The van der Waals surface area contributed by atoms with Crippen molar-refractivity contribution in [3.05, 3.63) is 41.4 Å². The highest BCUT2D eigenvalue weighted by molar-refractivity contribution is 6.30. The minimum absolute atomic E-state index is 0.0289. The van der Waals surface area contributed by atoms with E-state index in [1.165, 1.54) is 6.33 Å². The van der Waals surface area contributed by atoms with E-state index in [1.54, 1.807) is 28.0 Å². The standard InChI is InChI=1S/C21H27ClN6O2/c1-21(2)7-8-24-18(21)20(30)27-9-3-4-17(27)19(29)25-11-14-10-15(22)5-6-16(14)28-13-23-12-26-28/h5-6,10,12-13,17-18,24H,3-4,7-9,11H2,1-2H3,(H,25,29)/t17?,18-/m0/s1. The minimum Gasteiger partial charge on any atom is -0.350 e. The van der Waals surface area contributed by atoms with Gasteiger partial charge in [0.1, 0.15) is 18.7 Å². The molecule has 160 valence electrons. The predicted octanol–water partition coefficient (Wildman–Crippen LogP) is 1.92. The SMILES string of the molecule is CC1(C)CCN[C@H]1C(=O)N1CCCC1C(=O)NCc1cc(Cl)ccc1-n1cncn1. The Morgan fingerprint density at radius 1 is 1.37 bits per heavy atom. The summed E-state index contributed by atoms with van der Waals surface area (Å²) in [6, 6.07) is 4.75. The van der Waals surface area contributed by atoms with Gasteiger partial charge in [-0.05, 0) is 55.0 Å². The molecule has 2 aliphatic heterocycles. The fourth-order valence-electron chi connectivity index (χ4n) is 4.40. The van der Waals surface area contributed by atoms with Gasteiger partial charge in [0.2, 0.25) is 11.8 Å². The van der Waals surface area contributed by atoms with Crippen LogP contribution in [0.1, 0.15) is 38.7 Å². The van der Waals surface area contributed by atoms with E-state index in [0.29, 0.717) is 24.5 Å². The molecular weight excluding hydrogens is 404 g/mol. The first kappa shape index (κ1) is 20.8. The van der Waals surface area contributed by atoms with Crippen molar-refractivity contribution in [1.29, 1.82) is 0 Å². The lowest BCUT2D eigenvalue weighted by atomic mass is 9.84. The first-order valence-electron chi connectivity index (χ1n) is 10.3. The zero-order valence-corrected chi connectivity index (χ0v) is 18.0. The number of aromatic nitrogens is 3. The molecule has 0 saturated carbocycles. The summed E-state index contributed by atoms with van der Waals surface area (Å²) in [6.45, 7) is 5.94. The molecule has 1 aromatic heterocycles. The third-order valence-electron chi connectivity index (χ3n) is 6.14. The lowest BCUT2D eigenvalue weighted by Gasteiger charge is -2.32. The summed E-state index contributed by atoms with van der Waals surface area (Å²) in [5.41, 5.74) is 1.53. The normalized spacial score (nSPS) is 23.0. The van der Waals surface area contributed by atoms with Gasteiger partial charge in [-0.25, -0.2) is 9.67 Å². The van der Waals surface area contributed by atoms with Crippen LogP contribution >= 0.6 is 11.6 Å². The first-order valence-corrected chi connectivity index (χ1v) is 10.7. The second kappa shape index (κ2) is 8.35. The lowest BCUT2D eigenvalue weighted by Crippen LogP contribution is -2.54. The number of amides is 2. The largest absolute Gasteiger partial charge is 0.350 e. The van der Waals surface area contributed by atoms with Crippen LogP contribution in [0, 0.1) is 5.41 Å². The van der Waals surface area contributed by atoms with E-state index >= 15 is 0 Å². The van der Waals surface area contributed by atoms with Crippen LogP contribution in [0.25, 0.3) is 5.69 Å². The summed E-state index contributed by atoms with van der Waals surface area (Å²) in [4.78, 5) is 31.9. The molecular formula is C21H27ClN6O2. The van der Waals surface area contributed by atoms with E-state index in [0.717, 1.165) is 30.6 Å². The number of likely N-dealkylation sites (tertiary alicyclic amines) is 1. The molecule has 2 aromatic rings. The summed E-state index contributed by atoms with van der Waals surface area (Å²) in [6.07, 6.45) is 5.52. The van der Waals surface area contributed by atoms with Crippen LogP contribution in [0.2, 0.25) is 5.02 Å². The molecule has 30 heavy (non-hydrogen) atoms. The van der Waals surface area contributed by atoms with E-state index < -0.39 is 6.04 Å². The molecule has 2 fully saturated rings. The lowest BCUT2D eigenvalue weighted by molar-refractivity contribution is -0.141. The van der Waals surface area contributed by atoms with Gasteiger partial charge in [-0.3, -0.25) is 9.59 Å². The molecule has 2 aliphatic rings. The molecule has 0 spiro atoms. The highest BCUT2D eigenvalue weighted by Gasteiger charge is 2.44. The van der Waals surface area contributed by atoms with Gasteiger partial charge >= 0.3 is 0 Å². The maximum Gasteiger partial charge on any atom is 0.243 e. The minimum atomic E-state index is -0.440. The highest BCUT2D eigenvalue weighted by Crippen LogP contribution is 2.32. The van der Waals surface area contributed by atoms with Crippen molar-refractivity contribution >= 4 is 23.4 Å². The summed E-state index contributed by atoms with van der Waals surface area (Å²) in [5, 5.41) is 11.1. The maximum atomic E-state index is 13.2. The molecule has 8 nitrogen and oxygen atoms in total. The molecule has 2 N–H and O–H groups in total. The third-order valence-corrected chi connectivity index (χ3v) is 6.38. The summed E-state index contributed by atoms with van der Waals surface area (Å²) < 4.78 is 1.64. The number of nitrogens with zero attached hydrogens (tertiary/aromatic N) is 4. The maximum absolute atomic E-state index is 13.2. The van der Waals surface area contributed by atoms with Crippen LogP contribution in [0.5, 0.6) is 0 Å². The Bertz CT molecular complexity index is 930. The number of benzene rings is 1. The molecule has 2 atom stereocenters. The zero-order chi connectivity index (χ0) is 21.3. The second-order valence-corrected chi connectivity index (χ2v) is 9.08. The zero-order valence-electron chi connectivity index (χ0n) is 17.3. The van der Waals surface area contributed by atoms with Crippen LogP contribution in [0.3, 0.4) is 0 Å². The molecule has 2 amide bonds. The van der Waals surface area contributed by atoms with E-state index in [2.05, 4.69) is 34.6 Å². The smallest absolute Gasteiger partial charge is 0.243 e. The van der Waals surface area contributed by atoms with Gasteiger partial charge in [-0.1, -0.05) is 25.4 Å². The molecule has 1 aromatic carbocycles. The topological polar surface area (TPSA) is 92.2 Å². The summed E-state index contributed by atoms with van der Waals surface area (Å²) in [5.74, 6) is -0.109. The monoisotopic (exact) mass is 430 g/mol. The van der Waals surface area contributed by atoms with Crippen LogP contribution in [0.15, 0.2) is 30.9 Å². The van der Waals surface area contributed by atoms with Crippen LogP contribution in [0.4, 0.5) is 0 Å². The Morgan fingerprint density at radius 2 is 2.20 bits per heavy atom. The Morgan fingerprint density at radius 3 is 2.90 bits per heavy atom. The van der Waals surface area contributed by atoms with Crippen LogP contribution in [-0.4, -0.2) is 56.7 Å². The number of rotatable bonds is 5. The summed E-state index contributed by atoms with van der Waals surface area (Å²) >= 11 is 6.17. The van der Waals surface area contributed by atoms with E-state index in [4.69, 9.17) is 11.6 Å². The number of carbonyl (C=O) groups is 2. The van der Waals surface area contributed by atoms with Crippen molar-refractivity contribution in [1.82, 2.24) is 30.3 Å². The van der Waals surface area contributed by atoms with Gasteiger partial charge in [0, 0.05) is 18.1 Å². The van der Waals surface area contributed by atoms with Crippen molar-refractivity contribution in [2.75, 3.05) is 13.1 Å². The van der Waals surface area contributed by atoms with Gasteiger partial charge in [0.25, 0.3) is 0 Å². The molecule has 2 saturated heterocycles. The van der Waals surface area contributed by atoms with Crippen molar-refractivity contribution in [3.8, 4) is 5.69 Å². The Balaban J connectivity index is 1.45. The molecule has 4 rings (SSSR count). The summed E-state index contributed by atoms with van der Waals surface area (Å²) in [7, 11) is 0. The molecule has 0 bridgehead atoms. The van der Waals surface area contributed by atoms with E-state index in [-0.39, 0.29) is 23.3 Å². The number of nitrogens with one attached hydrogen (secondary N) is 2. The van der Waals surface area contributed by atoms with E-state index in [9.17, 15) is 9.59 Å². The van der Waals surface area contributed by atoms with Gasteiger partial charge in [0.15, 0.2) is 0 Å². The first-order chi connectivity index (χ1) is 14.4.